The van der Waals surface area contributed by atoms with Crippen molar-refractivity contribution in [2.24, 2.45) is 0 Å². The van der Waals surface area contributed by atoms with E-state index in [1.165, 1.54) is 6.07 Å². The highest BCUT2D eigenvalue weighted by Gasteiger charge is 2.32. The number of anilines is 1. The molecule has 0 aliphatic carbocycles. The van der Waals surface area contributed by atoms with E-state index in [0.29, 0.717) is 0 Å². The fraction of sp³-hybridized carbons (Fsp3) is 0.364. The van der Waals surface area contributed by atoms with E-state index >= 15 is 0 Å². The summed E-state index contributed by atoms with van der Waals surface area (Å²) in [7, 11) is 0. The van der Waals surface area contributed by atoms with Gasteiger partial charge in [-0.25, -0.2) is 4.39 Å². The molecule has 0 saturated carbocycles. The molecular weight excluding hydrogens is 312 g/mol. The molecule has 0 aromatic heterocycles. The third-order valence-corrected chi connectivity index (χ3v) is 3.21. The lowest BCUT2D eigenvalue weighted by atomic mass is 10.1. The Morgan fingerprint density at radius 2 is 2.24 bits per heavy atom. The van der Waals surface area contributed by atoms with E-state index in [2.05, 4.69) is 21.2 Å². The minimum absolute atomic E-state index is 0.0139. The molecule has 0 atom stereocenters. The standard InChI is InChI=1S/C11H10BrClFNO2/c1-11(2)4-7(16)15-9-8(14)5(12)3-6(13)10(9)17-11/h3H,4H2,1-2H3,(H,15,16). The predicted molar refractivity (Wildman–Crippen MR) is 67.1 cm³/mol. The molecule has 3 nitrogen and oxygen atoms in total. The number of nitrogens with one attached hydrogen (secondary N) is 1. The lowest BCUT2D eigenvalue weighted by Gasteiger charge is -2.23. The molecule has 1 aliphatic heterocycles. The smallest absolute Gasteiger partial charge is 0.228 e. The number of carbonyl (C=O) groups is 1. The number of fused-ring (bicyclic) bond motifs is 1. The topological polar surface area (TPSA) is 38.3 Å². The maximum atomic E-state index is 13.9. The first-order valence-corrected chi connectivity index (χ1v) is 6.13. The number of carbonyl (C=O) groups excluding carboxylic acids is 1. The van der Waals surface area contributed by atoms with Gasteiger partial charge < -0.3 is 10.1 Å². The van der Waals surface area contributed by atoms with Crippen LogP contribution in [0.2, 0.25) is 5.02 Å². The first-order valence-electron chi connectivity index (χ1n) is 4.96. The van der Waals surface area contributed by atoms with Gasteiger partial charge in [0.15, 0.2) is 11.6 Å². The third-order valence-electron chi connectivity index (χ3n) is 2.36. The van der Waals surface area contributed by atoms with Crippen LogP contribution in [0.15, 0.2) is 10.5 Å². The van der Waals surface area contributed by atoms with Crippen LogP contribution in [0.4, 0.5) is 10.1 Å². The summed E-state index contributed by atoms with van der Waals surface area (Å²) in [5.41, 5.74) is -0.737. The molecule has 1 heterocycles. The molecule has 0 fully saturated rings. The number of halogens is 3. The van der Waals surface area contributed by atoms with Crippen LogP contribution in [0.25, 0.3) is 0 Å². The second-order valence-electron chi connectivity index (χ2n) is 4.45. The van der Waals surface area contributed by atoms with Crippen LogP contribution in [0.3, 0.4) is 0 Å². The molecular formula is C11H10BrClFNO2. The van der Waals surface area contributed by atoms with Crippen LogP contribution in [-0.4, -0.2) is 11.5 Å². The Hall–Kier alpha value is -0.810. The number of amides is 1. The molecule has 17 heavy (non-hydrogen) atoms. The number of hydrogen-bond acceptors (Lipinski definition) is 2. The largest absolute Gasteiger partial charge is 0.483 e. The minimum atomic E-state index is -0.723. The van der Waals surface area contributed by atoms with Crippen molar-refractivity contribution in [3.05, 3.63) is 21.4 Å². The summed E-state index contributed by atoms with van der Waals surface area (Å²) in [4.78, 5) is 11.6. The van der Waals surface area contributed by atoms with Crippen LogP contribution in [-0.2, 0) is 4.79 Å². The van der Waals surface area contributed by atoms with Gasteiger partial charge in [-0.1, -0.05) is 11.6 Å². The Kier molecular flexibility index (Phi) is 3.08. The Morgan fingerprint density at radius 1 is 1.59 bits per heavy atom. The Labute approximate surface area is 111 Å². The number of benzene rings is 1. The van der Waals surface area contributed by atoms with Crippen molar-refractivity contribution < 1.29 is 13.9 Å². The highest BCUT2D eigenvalue weighted by molar-refractivity contribution is 9.10. The van der Waals surface area contributed by atoms with Crippen molar-refractivity contribution in [1.82, 2.24) is 0 Å². The van der Waals surface area contributed by atoms with Gasteiger partial charge in [-0.05, 0) is 35.8 Å². The maximum Gasteiger partial charge on any atom is 0.228 e. The van der Waals surface area contributed by atoms with E-state index in [0.717, 1.165) is 0 Å². The van der Waals surface area contributed by atoms with Crippen LogP contribution in [0.5, 0.6) is 5.75 Å². The van der Waals surface area contributed by atoms with Crippen molar-refractivity contribution in [2.75, 3.05) is 5.32 Å². The van der Waals surface area contributed by atoms with E-state index in [-0.39, 0.29) is 33.3 Å². The van der Waals surface area contributed by atoms with Crippen molar-refractivity contribution in [1.29, 1.82) is 0 Å². The van der Waals surface area contributed by atoms with Crippen LogP contribution < -0.4 is 10.1 Å². The van der Waals surface area contributed by atoms with Gasteiger partial charge in [0.25, 0.3) is 0 Å². The molecule has 1 amide bonds. The zero-order valence-corrected chi connectivity index (χ0v) is 11.6. The number of rotatable bonds is 0. The summed E-state index contributed by atoms with van der Waals surface area (Å²) in [5, 5.41) is 2.73. The molecule has 1 aromatic rings. The van der Waals surface area contributed by atoms with Gasteiger partial charge in [-0.3, -0.25) is 4.79 Å². The number of hydrogen-bond donors (Lipinski definition) is 1. The molecule has 0 unspecified atom stereocenters. The summed E-state index contributed by atoms with van der Waals surface area (Å²) in [6, 6.07) is 1.41. The quantitative estimate of drug-likeness (QED) is 0.739. The molecule has 0 bridgehead atoms. The van der Waals surface area contributed by atoms with Gasteiger partial charge in [0.1, 0.15) is 11.3 Å². The summed E-state index contributed by atoms with van der Waals surface area (Å²) < 4.78 is 19.7. The second-order valence-corrected chi connectivity index (χ2v) is 5.71. The Morgan fingerprint density at radius 3 is 2.88 bits per heavy atom. The summed E-state index contributed by atoms with van der Waals surface area (Å²) in [6.45, 7) is 3.50. The van der Waals surface area contributed by atoms with Crippen molar-refractivity contribution in [3.63, 3.8) is 0 Å². The second kappa shape index (κ2) is 4.14. The van der Waals surface area contributed by atoms with Crippen molar-refractivity contribution >= 4 is 39.1 Å². The monoisotopic (exact) mass is 321 g/mol. The van der Waals surface area contributed by atoms with Gasteiger partial charge in [0, 0.05) is 0 Å². The molecule has 0 saturated heterocycles. The van der Waals surface area contributed by atoms with E-state index < -0.39 is 11.4 Å². The van der Waals surface area contributed by atoms with Crippen LogP contribution >= 0.6 is 27.5 Å². The summed E-state index contributed by atoms with van der Waals surface area (Å²) >= 11 is 9.03. The zero-order chi connectivity index (χ0) is 12.8. The summed E-state index contributed by atoms with van der Waals surface area (Å²) in [6.07, 6.45) is 0.134. The molecule has 0 spiro atoms. The summed E-state index contributed by atoms with van der Waals surface area (Å²) in [5.74, 6) is -0.722. The van der Waals surface area contributed by atoms with Crippen molar-refractivity contribution in [2.45, 2.75) is 25.9 Å². The predicted octanol–water partition coefficient (Wildman–Crippen LogP) is 3.74. The first-order chi connectivity index (χ1) is 7.80. The van der Waals surface area contributed by atoms with Crippen LogP contribution in [0.1, 0.15) is 20.3 Å². The fourth-order valence-corrected chi connectivity index (χ4v) is 2.47. The van der Waals surface area contributed by atoms with Gasteiger partial charge in [0.2, 0.25) is 5.91 Å². The molecule has 0 radical (unpaired) electrons. The van der Waals surface area contributed by atoms with E-state index in [1.54, 1.807) is 13.8 Å². The lowest BCUT2D eigenvalue weighted by Crippen LogP contribution is -2.30. The lowest BCUT2D eigenvalue weighted by molar-refractivity contribution is -0.118. The maximum absolute atomic E-state index is 13.9. The normalized spacial score (nSPS) is 17.8. The average Bonchev–Trinajstić information content (AvgIpc) is 2.30. The highest BCUT2D eigenvalue weighted by atomic mass is 79.9. The molecule has 6 heteroatoms. The van der Waals surface area contributed by atoms with Gasteiger partial charge >= 0.3 is 0 Å². The first kappa shape index (κ1) is 12.6. The SMILES string of the molecule is CC1(C)CC(=O)Nc2c(F)c(Br)cc(Cl)c2O1. The van der Waals surface area contributed by atoms with E-state index in [4.69, 9.17) is 16.3 Å². The van der Waals surface area contributed by atoms with Gasteiger partial charge in [-0.2, -0.15) is 0 Å². The van der Waals surface area contributed by atoms with E-state index in [9.17, 15) is 9.18 Å². The van der Waals surface area contributed by atoms with Gasteiger partial charge in [0.05, 0.1) is 15.9 Å². The zero-order valence-electron chi connectivity index (χ0n) is 9.23. The van der Waals surface area contributed by atoms with E-state index in [1.807, 2.05) is 0 Å². The van der Waals surface area contributed by atoms with Gasteiger partial charge in [-0.15, -0.1) is 0 Å². The minimum Gasteiger partial charge on any atom is -0.483 e. The molecule has 92 valence electrons. The third kappa shape index (κ3) is 2.40. The molecule has 1 aromatic carbocycles. The fourth-order valence-electron chi connectivity index (χ4n) is 1.67. The van der Waals surface area contributed by atoms with Crippen molar-refractivity contribution in [3.8, 4) is 5.75 Å². The molecule has 1 aliphatic rings. The average molecular weight is 323 g/mol. The highest BCUT2D eigenvalue weighted by Crippen LogP contribution is 2.43. The van der Waals surface area contributed by atoms with Crippen LogP contribution in [0, 0.1) is 5.82 Å². The molecule has 1 N–H and O–H groups in total. The molecule has 2 rings (SSSR count). The Balaban J connectivity index is 2.64. The Bertz CT molecular complexity index is 505. The number of ether oxygens (including phenoxy) is 1.